The van der Waals surface area contributed by atoms with Crippen molar-refractivity contribution >= 4 is 34.2 Å². The molecule has 7 nitrogen and oxygen atoms in total. The minimum atomic E-state index is -0.595. The molecule has 2 N–H and O–H groups in total. The summed E-state index contributed by atoms with van der Waals surface area (Å²) in [5.74, 6) is 0.501. The Balaban J connectivity index is 2.13. The lowest BCUT2D eigenvalue weighted by Crippen LogP contribution is -2.11. The second kappa shape index (κ2) is 6.21. The Kier molecular flexibility index (Phi) is 3.96. The maximum atomic E-state index is 11.7. The minimum absolute atomic E-state index is 0.240. The highest BCUT2D eigenvalue weighted by Crippen LogP contribution is 2.30. The van der Waals surface area contributed by atoms with Crippen molar-refractivity contribution in [1.29, 1.82) is 0 Å². The van der Waals surface area contributed by atoms with Crippen LogP contribution >= 0.6 is 11.6 Å². The summed E-state index contributed by atoms with van der Waals surface area (Å²) in [5.41, 5.74) is 10.2. The van der Waals surface area contributed by atoms with Gasteiger partial charge in [-0.3, -0.25) is 9.20 Å². The van der Waals surface area contributed by atoms with Crippen molar-refractivity contribution in [2.45, 2.75) is 13.8 Å². The Morgan fingerprint density at radius 2 is 1.85 bits per heavy atom. The third kappa shape index (κ3) is 2.67. The number of amides is 1. The molecule has 1 aromatic carbocycles. The van der Waals surface area contributed by atoms with E-state index in [4.69, 9.17) is 27.1 Å². The van der Waals surface area contributed by atoms with Gasteiger partial charge in [0.2, 0.25) is 11.8 Å². The fourth-order valence-corrected chi connectivity index (χ4v) is 3.44. The van der Waals surface area contributed by atoms with Crippen LogP contribution in [0.15, 0.2) is 30.3 Å². The number of benzene rings is 1. The molecule has 0 saturated heterocycles. The predicted molar refractivity (Wildman–Crippen MR) is 103 cm³/mol. The van der Waals surface area contributed by atoms with Crippen LogP contribution in [0, 0.1) is 13.8 Å². The lowest BCUT2D eigenvalue weighted by Gasteiger charge is -2.09. The third-order valence-corrected chi connectivity index (χ3v) is 4.75. The average molecular weight is 382 g/mol. The van der Waals surface area contributed by atoms with E-state index < -0.39 is 5.91 Å². The van der Waals surface area contributed by atoms with Gasteiger partial charge in [0, 0.05) is 11.6 Å². The average Bonchev–Trinajstić information content (AvgIpc) is 3.00. The van der Waals surface area contributed by atoms with Crippen LogP contribution in [0.3, 0.4) is 0 Å². The number of methoxy groups -OCH3 is 1. The fourth-order valence-electron chi connectivity index (χ4n) is 3.23. The molecule has 4 aromatic rings. The van der Waals surface area contributed by atoms with E-state index in [-0.39, 0.29) is 5.56 Å². The lowest BCUT2D eigenvalue weighted by molar-refractivity contribution is 0.100. The molecule has 0 aliphatic carbocycles. The highest BCUT2D eigenvalue weighted by atomic mass is 35.5. The highest BCUT2D eigenvalue weighted by Gasteiger charge is 2.19. The van der Waals surface area contributed by atoms with E-state index in [0.717, 1.165) is 16.9 Å². The van der Waals surface area contributed by atoms with Gasteiger partial charge < -0.3 is 10.5 Å². The molecule has 136 valence electrons. The van der Waals surface area contributed by atoms with Gasteiger partial charge in [0.05, 0.1) is 34.6 Å². The van der Waals surface area contributed by atoms with E-state index in [0.29, 0.717) is 33.5 Å². The minimum Gasteiger partial charge on any atom is -0.481 e. The fraction of sp³-hybridized carbons (Fsp3) is 0.158. The number of primary amides is 1. The largest absolute Gasteiger partial charge is 0.481 e. The summed E-state index contributed by atoms with van der Waals surface area (Å²) < 4.78 is 7.19. The molecule has 0 saturated carbocycles. The van der Waals surface area contributed by atoms with Crippen LogP contribution in [0.25, 0.3) is 28.1 Å². The van der Waals surface area contributed by atoms with E-state index in [1.54, 1.807) is 31.4 Å². The molecule has 8 heteroatoms. The predicted octanol–water partition coefficient (Wildman–Crippen LogP) is 3.32. The smallest absolute Gasteiger partial charge is 0.250 e. The van der Waals surface area contributed by atoms with E-state index in [2.05, 4.69) is 9.97 Å². The van der Waals surface area contributed by atoms with Crippen molar-refractivity contribution in [3.05, 3.63) is 52.3 Å². The zero-order valence-corrected chi connectivity index (χ0v) is 15.7. The zero-order chi connectivity index (χ0) is 19.3. The lowest BCUT2D eigenvalue weighted by atomic mass is 10.1. The summed E-state index contributed by atoms with van der Waals surface area (Å²) in [6.45, 7) is 3.83. The first-order valence-corrected chi connectivity index (χ1v) is 8.58. The molecule has 0 bridgehead atoms. The maximum Gasteiger partial charge on any atom is 0.250 e. The number of carbonyl (C=O) groups excluding carboxylic acids is 1. The molecule has 27 heavy (non-hydrogen) atoms. The number of nitrogens with zero attached hydrogens (tertiary/aromatic N) is 4. The Morgan fingerprint density at radius 3 is 2.56 bits per heavy atom. The molecule has 3 aromatic heterocycles. The van der Waals surface area contributed by atoms with Crippen LogP contribution < -0.4 is 10.5 Å². The SMILES string of the molecule is COc1ccc2nc(C)c3c(C)nc(-c4ccc(Cl)c(C(N)=O)c4)n3c2n1. The Morgan fingerprint density at radius 1 is 1.11 bits per heavy atom. The Bertz CT molecular complexity index is 1230. The van der Waals surface area contributed by atoms with Crippen LogP contribution in [-0.2, 0) is 0 Å². The number of ether oxygens (including phenoxy) is 1. The molecule has 4 rings (SSSR count). The van der Waals surface area contributed by atoms with Gasteiger partial charge in [-0.2, -0.15) is 4.98 Å². The second-order valence-electron chi connectivity index (χ2n) is 6.16. The molecule has 0 fully saturated rings. The number of fused-ring (bicyclic) bond motifs is 3. The van der Waals surface area contributed by atoms with E-state index >= 15 is 0 Å². The van der Waals surface area contributed by atoms with Crippen LogP contribution in [0.1, 0.15) is 21.7 Å². The molecule has 0 aliphatic heterocycles. The molecule has 3 heterocycles. The first kappa shape index (κ1) is 17.2. The van der Waals surface area contributed by atoms with Crippen LogP contribution in [0.2, 0.25) is 5.02 Å². The van der Waals surface area contributed by atoms with Crippen LogP contribution in [0.4, 0.5) is 0 Å². The molecule has 0 spiro atoms. The summed E-state index contributed by atoms with van der Waals surface area (Å²) in [6, 6.07) is 8.68. The van der Waals surface area contributed by atoms with E-state index in [9.17, 15) is 4.79 Å². The second-order valence-corrected chi connectivity index (χ2v) is 6.56. The van der Waals surface area contributed by atoms with Gasteiger partial charge in [0.25, 0.3) is 0 Å². The van der Waals surface area contributed by atoms with Crippen molar-refractivity contribution in [1.82, 2.24) is 19.4 Å². The molecular weight excluding hydrogens is 366 g/mol. The number of hydrogen-bond acceptors (Lipinski definition) is 5. The van der Waals surface area contributed by atoms with Crippen molar-refractivity contribution in [2.75, 3.05) is 7.11 Å². The summed E-state index contributed by atoms with van der Waals surface area (Å²) in [4.78, 5) is 25.6. The monoisotopic (exact) mass is 381 g/mol. The first-order valence-electron chi connectivity index (χ1n) is 8.21. The quantitative estimate of drug-likeness (QED) is 0.587. The summed E-state index contributed by atoms with van der Waals surface area (Å²) >= 11 is 6.10. The van der Waals surface area contributed by atoms with Crippen molar-refractivity contribution in [3.8, 4) is 17.3 Å². The van der Waals surface area contributed by atoms with E-state index in [1.165, 1.54) is 0 Å². The number of nitrogens with two attached hydrogens (primary N) is 1. The Labute approximate surface area is 159 Å². The van der Waals surface area contributed by atoms with Gasteiger partial charge in [-0.05, 0) is 38.1 Å². The summed E-state index contributed by atoms with van der Waals surface area (Å²) in [7, 11) is 1.56. The maximum absolute atomic E-state index is 11.7. The zero-order valence-electron chi connectivity index (χ0n) is 14.9. The number of aromatic nitrogens is 4. The van der Waals surface area contributed by atoms with Gasteiger partial charge in [0.15, 0.2) is 5.65 Å². The molecule has 0 unspecified atom stereocenters. The number of pyridine rings is 1. The molecule has 0 aliphatic rings. The molecule has 0 radical (unpaired) electrons. The Hall–Kier alpha value is -3.19. The third-order valence-electron chi connectivity index (χ3n) is 4.42. The number of rotatable bonds is 3. The van der Waals surface area contributed by atoms with Crippen LogP contribution in [0.5, 0.6) is 5.88 Å². The highest BCUT2D eigenvalue weighted by molar-refractivity contribution is 6.33. The summed E-state index contributed by atoms with van der Waals surface area (Å²) in [6.07, 6.45) is 0. The summed E-state index contributed by atoms with van der Waals surface area (Å²) in [5, 5.41) is 0.298. The van der Waals surface area contributed by atoms with E-state index in [1.807, 2.05) is 24.3 Å². The van der Waals surface area contributed by atoms with Crippen molar-refractivity contribution in [3.63, 3.8) is 0 Å². The van der Waals surface area contributed by atoms with Crippen molar-refractivity contribution < 1.29 is 9.53 Å². The number of hydrogen-bond donors (Lipinski definition) is 1. The number of imidazole rings is 1. The number of halogens is 1. The first-order chi connectivity index (χ1) is 12.9. The number of carbonyl (C=O) groups is 1. The number of aryl methyl sites for hydroxylation is 2. The van der Waals surface area contributed by atoms with Gasteiger partial charge in [-0.1, -0.05) is 11.6 Å². The van der Waals surface area contributed by atoms with Crippen LogP contribution in [-0.4, -0.2) is 32.4 Å². The molecular formula is C19H16ClN5O2. The van der Waals surface area contributed by atoms with Gasteiger partial charge in [0.1, 0.15) is 11.3 Å². The van der Waals surface area contributed by atoms with Crippen molar-refractivity contribution in [2.24, 2.45) is 5.73 Å². The molecule has 0 atom stereocenters. The molecule has 1 amide bonds. The topological polar surface area (TPSA) is 95.4 Å². The van der Waals surface area contributed by atoms with Gasteiger partial charge in [-0.15, -0.1) is 0 Å². The van der Waals surface area contributed by atoms with Gasteiger partial charge >= 0.3 is 0 Å². The van der Waals surface area contributed by atoms with Gasteiger partial charge in [-0.25, -0.2) is 9.97 Å². The normalized spacial score (nSPS) is 11.3. The standard InChI is InChI=1S/C19H16ClN5O2/c1-9-16-10(2)23-18(11-4-5-13(20)12(8-11)17(21)26)25(16)19-14(22-9)6-7-15(24-19)27-3/h4-8H,1-3H3,(H2,21,26).